The van der Waals surface area contributed by atoms with Crippen molar-refractivity contribution < 1.29 is 9.26 Å². The van der Waals surface area contributed by atoms with Crippen molar-refractivity contribution in [2.75, 3.05) is 13.7 Å². The summed E-state index contributed by atoms with van der Waals surface area (Å²) in [6.07, 6.45) is 0.412. The maximum Gasteiger partial charge on any atom is 0.214 e. The number of hydrogen-bond donors (Lipinski definition) is 1. The van der Waals surface area contributed by atoms with Crippen LogP contribution in [-0.2, 0) is 6.42 Å². The number of ether oxygens (including phenoxy) is 1. The topological polar surface area (TPSA) is 78.3 Å². The first-order valence-electron chi connectivity index (χ1n) is 4.93. The summed E-state index contributed by atoms with van der Waals surface area (Å²) in [4.78, 5) is 12.0. The molecular weight excluding hydrogens is 244 g/mol. The lowest BCUT2D eigenvalue weighted by Gasteiger charge is -2.02. The third-order valence-electron chi connectivity index (χ3n) is 2.33. The lowest BCUT2D eigenvalue weighted by atomic mass is 10.2. The number of methoxy groups -OCH3 is 1. The Hall–Kier alpha value is -1.59. The van der Waals surface area contributed by atoms with Crippen LogP contribution in [0.5, 0.6) is 5.75 Å². The molecule has 0 radical (unpaired) electrons. The Kier molecular flexibility index (Phi) is 4.48. The molecule has 6 heteroatoms. The predicted molar refractivity (Wildman–Crippen MR) is 66.8 cm³/mol. The van der Waals surface area contributed by atoms with Crippen LogP contribution in [0, 0.1) is 0 Å². The van der Waals surface area contributed by atoms with Gasteiger partial charge in [0.25, 0.3) is 0 Å². The third kappa shape index (κ3) is 2.57. The molecule has 1 aromatic carbocycles. The van der Waals surface area contributed by atoms with E-state index in [1.54, 1.807) is 25.3 Å². The number of nitrogens with zero attached hydrogens (tertiary/aromatic N) is 1. The van der Waals surface area contributed by atoms with Crippen LogP contribution in [0.25, 0.3) is 11.0 Å². The van der Waals surface area contributed by atoms with Gasteiger partial charge in [-0.3, -0.25) is 4.79 Å². The van der Waals surface area contributed by atoms with Crippen LogP contribution in [-0.4, -0.2) is 18.8 Å². The van der Waals surface area contributed by atoms with Crippen molar-refractivity contribution in [3.05, 3.63) is 34.1 Å². The van der Waals surface area contributed by atoms with Crippen molar-refractivity contribution in [1.29, 1.82) is 0 Å². The van der Waals surface area contributed by atoms with Crippen molar-refractivity contribution >= 4 is 23.4 Å². The summed E-state index contributed by atoms with van der Waals surface area (Å²) in [5, 5.41) is 4.21. The minimum Gasteiger partial charge on any atom is -0.497 e. The Labute approximate surface area is 104 Å². The fourth-order valence-electron chi connectivity index (χ4n) is 1.49. The van der Waals surface area contributed by atoms with Gasteiger partial charge in [-0.05, 0) is 24.7 Å². The first kappa shape index (κ1) is 13.5. The summed E-state index contributed by atoms with van der Waals surface area (Å²) in [6.45, 7) is 0.368. The predicted octanol–water partition coefficient (Wildman–Crippen LogP) is 1.12. The molecule has 0 bridgehead atoms. The van der Waals surface area contributed by atoms with Gasteiger partial charge < -0.3 is 15.0 Å². The Bertz CT molecular complexity index is 568. The maximum atomic E-state index is 12.0. The van der Waals surface area contributed by atoms with E-state index in [0.717, 1.165) is 0 Å². The van der Waals surface area contributed by atoms with Gasteiger partial charge in [-0.25, -0.2) is 0 Å². The molecule has 2 N–H and O–H groups in total. The highest BCUT2D eigenvalue weighted by Gasteiger charge is 2.08. The molecule has 0 saturated heterocycles. The molecule has 0 aliphatic rings. The quantitative estimate of drug-likeness (QED) is 0.890. The first-order chi connectivity index (χ1) is 7.76. The average Bonchev–Trinajstić information content (AvgIpc) is 2.33. The second-order valence-corrected chi connectivity index (χ2v) is 3.36. The number of benzene rings is 1. The van der Waals surface area contributed by atoms with E-state index in [4.69, 9.17) is 15.0 Å². The lowest BCUT2D eigenvalue weighted by Crippen LogP contribution is -2.16. The fraction of sp³-hybridized carbons (Fsp3) is 0.273. The van der Waals surface area contributed by atoms with Crippen LogP contribution in [0.4, 0.5) is 0 Å². The molecule has 1 aromatic heterocycles. The van der Waals surface area contributed by atoms with Gasteiger partial charge in [0.05, 0.1) is 12.5 Å². The zero-order valence-corrected chi connectivity index (χ0v) is 10.1. The smallest absolute Gasteiger partial charge is 0.214 e. The zero-order chi connectivity index (χ0) is 11.5. The highest BCUT2D eigenvalue weighted by Crippen LogP contribution is 2.17. The summed E-state index contributed by atoms with van der Waals surface area (Å²) in [7, 11) is 1.55. The van der Waals surface area contributed by atoms with E-state index in [-0.39, 0.29) is 17.8 Å². The van der Waals surface area contributed by atoms with E-state index in [1.165, 1.54) is 0 Å². The van der Waals surface area contributed by atoms with Gasteiger partial charge in [-0.1, -0.05) is 5.16 Å². The van der Waals surface area contributed by atoms with Gasteiger partial charge in [0.15, 0.2) is 5.58 Å². The van der Waals surface area contributed by atoms with Gasteiger partial charge in [0.2, 0.25) is 5.43 Å². The van der Waals surface area contributed by atoms with Gasteiger partial charge in [-0.2, -0.15) is 0 Å². The standard InChI is InChI=1S/C11H12N2O3.ClH/c1-15-7-2-3-10-8(6-7)11(14)9(4-5-12)13-16-10;/h2-3,6H,4-5,12H2,1H3;1H. The molecule has 92 valence electrons. The monoisotopic (exact) mass is 256 g/mol. The molecule has 2 aromatic rings. The Balaban J connectivity index is 0.00000144. The normalized spacial score (nSPS) is 10.0. The van der Waals surface area contributed by atoms with Crippen molar-refractivity contribution in [2.45, 2.75) is 6.42 Å². The Morgan fingerprint density at radius 1 is 1.47 bits per heavy atom. The summed E-state index contributed by atoms with van der Waals surface area (Å²) in [6, 6.07) is 5.02. The van der Waals surface area contributed by atoms with E-state index in [2.05, 4.69) is 5.16 Å². The molecule has 0 aliphatic heterocycles. The molecule has 0 amide bonds. The molecule has 5 nitrogen and oxygen atoms in total. The van der Waals surface area contributed by atoms with Crippen molar-refractivity contribution in [3.63, 3.8) is 0 Å². The largest absolute Gasteiger partial charge is 0.497 e. The Morgan fingerprint density at radius 2 is 2.24 bits per heavy atom. The molecule has 17 heavy (non-hydrogen) atoms. The lowest BCUT2D eigenvalue weighted by molar-refractivity contribution is 0.411. The van der Waals surface area contributed by atoms with E-state index in [9.17, 15) is 4.79 Å². The number of aromatic nitrogens is 1. The van der Waals surface area contributed by atoms with Gasteiger partial charge >= 0.3 is 0 Å². The number of fused-ring (bicyclic) bond motifs is 1. The summed E-state index contributed by atoms with van der Waals surface area (Å²) in [5.41, 5.74) is 6.04. The maximum absolute atomic E-state index is 12.0. The molecule has 0 saturated carbocycles. The van der Waals surface area contributed by atoms with Crippen LogP contribution in [0.2, 0.25) is 0 Å². The van der Waals surface area contributed by atoms with Gasteiger partial charge in [0, 0.05) is 6.42 Å². The fourth-order valence-corrected chi connectivity index (χ4v) is 1.49. The van der Waals surface area contributed by atoms with E-state index in [0.29, 0.717) is 35.4 Å². The van der Waals surface area contributed by atoms with Crippen molar-refractivity contribution in [2.24, 2.45) is 5.73 Å². The minimum absolute atomic E-state index is 0. The van der Waals surface area contributed by atoms with Crippen LogP contribution in [0.15, 0.2) is 27.5 Å². The van der Waals surface area contributed by atoms with Crippen LogP contribution in [0.1, 0.15) is 5.69 Å². The molecule has 2 rings (SSSR count). The molecular formula is C11H13ClN2O3. The highest BCUT2D eigenvalue weighted by molar-refractivity contribution is 5.85. The number of rotatable bonds is 3. The molecule has 0 unspecified atom stereocenters. The molecule has 0 aliphatic carbocycles. The average molecular weight is 257 g/mol. The van der Waals surface area contributed by atoms with Crippen molar-refractivity contribution in [3.8, 4) is 5.75 Å². The van der Waals surface area contributed by atoms with Gasteiger partial charge in [-0.15, -0.1) is 12.4 Å². The zero-order valence-electron chi connectivity index (χ0n) is 9.30. The second-order valence-electron chi connectivity index (χ2n) is 3.36. The minimum atomic E-state index is -0.148. The number of nitrogens with two attached hydrogens (primary N) is 1. The number of halogens is 1. The Morgan fingerprint density at radius 3 is 2.88 bits per heavy atom. The highest BCUT2D eigenvalue weighted by atomic mass is 35.5. The number of hydrogen-bond acceptors (Lipinski definition) is 5. The first-order valence-corrected chi connectivity index (χ1v) is 4.93. The molecule has 0 atom stereocenters. The summed E-state index contributed by atoms with van der Waals surface area (Å²) >= 11 is 0. The summed E-state index contributed by atoms with van der Waals surface area (Å²) in [5.74, 6) is 0.615. The van der Waals surface area contributed by atoms with Crippen LogP contribution < -0.4 is 15.9 Å². The van der Waals surface area contributed by atoms with Crippen LogP contribution in [0.3, 0.4) is 0 Å². The molecule has 0 fully saturated rings. The second kappa shape index (κ2) is 5.65. The SMILES string of the molecule is COc1ccc2onc(CCN)c(=O)c2c1.Cl. The van der Waals surface area contributed by atoms with E-state index in [1.807, 2.05) is 0 Å². The molecule has 1 heterocycles. The van der Waals surface area contributed by atoms with E-state index < -0.39 is 0 Å². The van der Waals surface area contributed by atoms with Crippen molar-refractivity contribution in [1.82, 2.24) is 5.16 Å². The third-order valence-corrected chi connectivity index (χ3v) is 2.33. The molecule has 0 spiro atoms. The van der Waals surface area contributed by atoms with Crippen LogP contribution >= 0.6 is 12.4 Å². The summed E-state index contributed by atoms with van der Waals surface area (Å²) < 4.78 is 10.2. The van der Waals surface area contributed by atoms with E-state index >= 15 is 0 Å². The van der Waals surface area contributed by atoms with Gasteiger partial charge in [0.1, 0.15) is 11.4 Å².